The minimum atomic E-state index is -0.182. The van der Waals surface area contributed by atoms with Crippen LogP contribution in [0.3, 0.4) is 0 Å². The third-order valence-corrected chi connectivity index (χ3v) is 3.24. The molecule has 0 aliphatic heterocycles. The standard InChI is InChI=1S/C6H13.ClH.Mg/c1-4-5-6(2)3;;/h6H,2,4-5H2,1,3H3;1H;/q;;+1/p-1/t6-;;/m0../s1. The van der Waals surface area contributed by atoms with Gasteiger partial charge >= 0.3 is 19.3 Å². The molecule has 0 aromatic rings. The molecule has 0 amide bonds. The van der Waals surface area contributed by atoms with E-state index in [1.54, 1.807) is 0 Å². The van der Waals surface area contributed by atoms with Gasteiger partial charge in [0.25, 0.3) is 0 Å². The molecule has 0 unspecified atom stereocenters. The highest BCUT2D eigenvalue weighted by Crippen LogP contribution is 2.09. The van der Waals surface area contributed by atoms with Crippen LogP contribution in [-0.4, -0.2) is 19.3 Å². The van der Waals surface area contributed by atoms with Gasteiger partial charge in [-0.1, -0.05) is 32.6 Å². The van der Waals surface area contributed by atoms with Crippen LogP contribution in [0.2, 0.25) is 4.55 Å². The van der Waals surface area contributed by atoms with E-state index in [1.165, 1.54) is 17.4 Å². The van der Waals surface area contributed by atoms with Gasteiger partial charge in [0.05, 0.1) is 0 Å². The summed E-state index contributed by atoms with van der Waals surface area (Å²) in [6.45, 7) is 4.52. The summed E-state index contributed by atoms with van der Waals surface area (Å²) < 4.78 is 1.31. The Hall–Kier alpha value is 1.06. The molecule has 0 heterocycles. The van der Waals surface area contributed by atoms with Crippen LogP contribution < -0.4 is 0 Å². The summed E-state index contributed by atoms with van der Waals surface area (Å²) in [7, 11) is 5.67. The van der Waals surface area contributed by atoms with E-state index in [-0.39, 0.29) is 19.3 Å². The monoisotopic (exact) mass is 144 g/mol. The SMILES string of the molecule is CCC[C@H](C)[CH2][Mg][Cl]. The Morgan fingerprint density at radius 3 is 2.62 bits per heavy atom. The summed E-state index contributed by atoms with van der Waals surface area (Å²) in [5.41, 5.74) is 0. The van der Waals surface area contributed by atoms with E-state index >= 15 is 0 Å². The van der Waals surface area contributed by atoms with E-state index in [0.717, 1.165) is 5.92 Å². The maximum absolute atomic E-state index is 5.67. The van der Waals surface area contributed by atoms with Gasteiger partial charge in [0, 0.05) is 0 Å². The predicted octanol–water partition coefficient (Wildman–Crippen LogP) is 2.70. The van der Waals surface area contributed by atoms with Crippen molar-refractivity contribution in [3.05, 3.63) is 0 Å². The normalized spacial score (nSPS) is 12.9. The zero-order valence-electron chi connectivity index (χ0n) is 5.78. The second kappa shape index (κ2) is 6.18. The van der Waals surface area contributed by atoms with E-state index in [1.807, 2.05) is 0 Å². The van der Waals surface area contributed by atoms with Gasteiger partial charge in [-0.3, -0.25) is 0 Å². The average molecular weight is 145 g/mol. The van der Waals surface area contributed by atoms with Gasteiger partial charge in [-0.15, -0.1) is 4.55 Å². The Bertz CT molecular complexity index is 41.8. The van der Waals surface area contributed by atoms with Gasteiger partial charge in [-0.2, -0.15) is 0 Å². The molecule has 0 fully saturated rings. The third-order valence-electron chi connectivity index (χ3n) is 1.38. The highest BCUT2D eigenvalue weighted by Gasteiger charge is 1.99. The molecule has 0 nitrogen and oxygen atoms in total. The summed E-state index contributed by atoms with van der Waals surface area (Å²) in [6.07, 6.45) is 2.67. The van der Waals surface area contributed by atoms with Crippen molar-refractivity contribution >= 4 is 28.3 Å². The zero-order valence-corrected chi connectivity index (χ0v) is 7.95. The molecule has 0 N–H and O–H groups in total. The molecular formula is C6H13ClMg. The Morgan fingerprint density at radius 1 is 1.62 bits per heavy atom. The molecule has 0 radical (unpaired) electrons. The van der Waals surface area contributed by atoms with E-state index in [9.17, 15) is 0 Å². The summed E-state index contributed by atoms with van der Waals surface area (Å²) in [5.74, 6) is 0.893. The molecule has 0 aliphatic carbocycles. The molecule has 0 aliphatic rings. The van der Waals surface area contributed by atoms with Crippen LogP contribution in [0.25, 0.3) is 0 Å². The van der Waals surface area contributed by atoms with Gasteiger partial charge in [0.15, 0.2) is 0 Å². The van der Waals surface area contributed by atoms with E-state index in [0.29, 0.717) is 0 Å². The lowest BCUT2D eigenvalue weighted by Crippen LogP contribution is -1.94. The van der Waals surface area contributed by atoms with Crippen molar-refractivity contribution < 1.29 is 0 Å². The van der Waals surface area contributed by atoms with Crippen molar-refractivity contribution in [2.45, 2.75) is 31.2 Å². The first-order valence-electron chi connectivity index (χ1n) is 3.37. The molecule has 0 bridgehead atoms. The minimum absolute atomic E-state index is 0.182. The fraction of sp³-hybridized carbons (Fsp3) is 1.00. The zero-order chi connectivity index (χ0) is 6.41. The van der Waals surface area contributed by atoms with Gasteiger partial charge in [0.1, 0.15) is 0 Å². The Balaban J connectivity index is 2.92. The molecule has 0 spiro atoms. The summed E-state index contributed by atoms with van der Waals surface area (Å²) >= 11 is -0.182. The Morgan fingerprint density at radius 2 is 2.25 bits per heavy atom. The van der Waals surface area contributed by atoms with Crippen molar-refractivity contribution in [2.75, 3.05) is 0 Å². The van der Waals surface area contributed by atoms with Crippen LogP contribution >= 0.6 is 9.07 Å². The highest BCUT2D eigenvalue weighted by atomic mass is 35.5. The first-order valence-corrected chi connectivity index (χ1v) is 6.51. The van der Waals surface area contributed by atoms with Crippen LogP contribution in [0.15, 0.2) is 0 Å². The average Bonchev–Trinajstić information content (AvgIpc) is 1.68. The molecule has 46 valence electrons. The lowest BCUT2D eigenvalue weighted by Gasteiger charge is -2.04. The molecule has 0 aromatic heterocycles. The van der Waals surface area contributed by atoms with Crippen molar-refractivity contribution in [2.24, 2.45) is 5.92 Å². The number of hydrogen-bond acceptors (Lipinski definition) is 0. The molecular weight excluding hydrogens is 132 g/mol. The first kappa shape index (κ1) is 9.06. The summed E-state index contributed by atoms with van der Waals surface area (Å²) in [6, 6.07) is 0. The number of rotatable bonds is 4. The lowest BCUT2D eigenvalue weighted by atomic mass is 10.1. The number of halogens is 1. The maximum atomic E-state index is 5.67. The van der Waals surface area contributed by atoms with Crippen LogP contribution in [0.4, 0.5) is 0 Å². The molecule has 1 atom stereocenters. The predicted molar refractivity (Wildman–Crippen MR) is 40.5 cm³/mol. The topological polar surface area (TPSA) is 0 Å². The first-order chi connectivity index (χ1) is 3.81. The maximum Gasteiger partial charge on any atom is 0.501 e. The highest BCUT2D eigenvalue weighted by molar-refractivity contribution is 6.93. The largest absolute Gasteiger partial charge is 0.501 e. The van der Waals surface area contributed by atoms with Gasteiger partial charge in [0.2, 0.25) is 0 Å². The Labute approximate surface area is 65.5 Å². The van der Waals surface area contributed by atoms with Crippen molar-refractivity contribution in [1.29, 1.82) is 0 Å². The second-order valence-corrected chi connectivity index (χ2v) is 4.46. The molecule has 8 heavy (non-hydrogen) atoms. The van der Waals surface area contributed by atoms with E-state index in [2.05, 4.69) is 13.8 Å². The minimum Gasteiger partial charge on any atom is -0.346 e. The fourth-order valence-electron chi connectivity index (χ4n) is 0.823. The van der Waals surface area contributed by atoms with Crippen molar-refractivity contribution in [1.82, 2.24) is 0 Å². The summed E-state index contributed by atoms with van der Waals surface area (Å²) in [5, 5.41) is 0. The second-order valence-electron chi connectivity index (χ2n) is 2.37. The fourth-order valence-corrected chi connectivity index (χ4v) is 2.60. The smallest absolute Gasteiger partial charge is 0.346 e. The third kappa shape index (κ3) is 5.20. The molecule has 0 aromatic carbocycles. The van der Waals surface area contributed by atoms with Crippen molar-refractivity contribution in [3.8, 4) is 0 Å². The van der Waals surface area contributed by atoms with Gasteiger partial charge < -0.3 is 9.07 Å². The van der Waals surface area contributed by atoms with Crippen LogP contribution in [0, 0.1) is 5.92 Å². The Kier molecular flexibility index (Phi) is 7.00. The van der Waals surface area contributed by atoms with Crippen LogP contribution in [0.1, 0.15) is 26.7 Å². The van der Waals surface area contributed by atoms with E-state index in [4.69, 9.17) is 9.07 Å². The summed E-state index contributed by atoms with van der Waals surface area (Å²) in [4.78, 5) is 0. The van der Waals surface area contributed by atoms with Crippen molar-refractivity contribution in [3.63, 3.8) is 0 Å². The molecule has 0 rings (SSSR count). The van der Waals surface area contributed by atoms with E-state index < -0.39 is 0 Å². The molecule has 0 saturated heterocycles. The van der Waals surface area contributed by atoms with Crippen LogP contribution in [0.5, 0.6) is 0 Å². The molecule has 0 saturated carbocycles. The van der Waals surface area contributed by atoms with Gasteiger partial charge in [-0.25, -0.2) is 0 Å². The molecule has 2 heteroatoms. The van der Waals surface area contributed by atoms with Crippen LogP contribution in [-0.2, 0) is 0 Å². The lowest BCUT2D eigenvalue weighted by molar-refractivity contribution is 0.575. The number of hydrogen-bond donors (Lipinski definition) is 0. The van der Waals surface area contributed by atoms with Gasteiger partial charge in [-0.05, 0) is 0 Å². The quantitative estimate of drug-likeness (QED) is 0.533.